The van der Waals surface area contributed by atoms with E-state index >= 15 is 0 Å². The fraction of sp³-hybridized carbons (Fsp3) is 0.529. The molecule has 0 spiro atoms. The van der Waals surface area contributed by atoms with E-state index in [4.69, 9.17) is 4.74 Å². The van der Waals surface area contributed by atoms with Crippen LogP contribution < -0.4 is 0 Å². The SMILES string of the molecule is CC(C)(C)C(=O)O[C@H]1CCC(=O)[C@@]1(C)c1ccccc1. The molecule has 1 aliphatic rings. The molecule has 0 saturated heterocycles. The number of rotatable bonds is 2. The monoisotopic (exact) mass is 274 g/mol. The minimum absolute atomic E-state index is 0.149. The average molecular weight is 274 g/mol. The summed E-state index contributed by atoms with van der Waals surface area (Å²) < 4.78 is 5.66. The molecule has 0 heterocycles. The van der Waals surface area contributed by atoms with Gasteiger partial charge in [-0.25, -0.2) is 0 Å². The van der Waals surface area contributed by atoms with Gasteiger partial charge in [0.1, 0.15) is 11.9 Å². The van der Waals surface area contributed by atoms with Gasteiger partial charge in [0.05, 0.1) is 10.8 Å². The van der Waals surface area contributed by atoms with Crippen molar-refractivity contribution in [2.45, 2.75) is 52.1 Å². The quantitative estimate of drug-likeness (QED) is 0.777. The second-order valence-electron chi connectivity index (χ2n) is 6.67. The zero-order valence-electron chi connectivity index (χ0n) is 12.6. The lowest BCUT2D eigenvalue weighted by Gasteiger charge is -2.32. The zero-order valence-corrected chi connectivity index (χ0v) is 12.6. The molecule has 108 valence electrons. The summed E-state index contributed by atoms with van der Waals surface area (Å²) in [5.41, 5.74) is -0.347. The summed E-state index contributed by atoms with van der Waals surface area (Å²) in [6.45, 7) is 7.36. The Balaban J connectivity index is 2.30. The van der Waals surface area contributed by atoms with Crippen molar-refractivity contribution in [3.8, 4) is 0 Å². The molecule has 1 aromatic carbocycles. The average Bonchev–Trinajstić information content (AvgIpc) is 2.68. The third-order valence-electron chi connectivity index (χ3n) is 4.09. The van der Waals surface area contributed by atoms with Crippen LogP contribution in [0.5, 0.6) is 0 Å². The van der Waals surface area contributed by atoms with Crippen LogP contribution in [0.2, 0.25) is 0 Å². The van der Waals surface area contributed by atoms with Gasteiger partial charge in [0, 0.05) is 6.42 Å². The summed E-state index contributed by atoms with van der Waals surface area (Å²) in [6.07, 6.45) is 0.698. The maximum atomic E-state index is 12.3. The van der Waals surface area contributed by atoms with E-state index < -0.39 is 10.8 Å². The minimum Gasteiger partial charge on any atom is -0.461 e. The fourth-order valence-corrected chi connectivity index (χ4v) is 2.60. The van der Waals surface area contributed by atoms with Gasteiger partial charge in [0.15, 0.2) is 0 Å². The Morgan fingerprint density at radius 1 is 1.25 bits per heavy atom. The van der Waals surface area contributed by atoms with Gasteiger partial charge in [0.25, 0.3) is 0 Å². The molecule has 0 aliphatic heterocycles. The van der Waals surface area contributed by atoms with E-state index in [1.165, 1.54) is 0 Å². The van der Waals surface area contributed by atoms with Crippen molar-refractivity contribution >= 4 is 11.8 Å². The van der Waals surface area contributed by atoms with Crippen LogP contribution in [-0.4, -0.2) is 17.9 Å². The lowest BCUT2D eigenvalue weighted by molar-refractivity contribution is -0.161. The second-order valence-corrected chi connectivity index (χ2v) is 6.67. The molecule has 3 heteroatoms. The largest absolute Gasteiger partial charge is 0.461 e. The van der Waals surface area contributed by atoms with E-state index in [1.54, 1.807) is 0 Å². The first-order valence-corrected chi connectivity index (χ1v) is 7.06. The number of hydrogen-bond donors (Lipinski definition) is 0. The first kappa shape index (κ1) is 14.8. The number of hydrogen-bond acceptors (Lipinski definition) is 3. The number of ether oxygens (including phenoxy) is 1. The second kappa shape index (κ2) is 5.04. The highest BCUT2D eigenvalue weighted by molar-refractivity contribution is 5.93. The first-order chi connectivity index (χ1) is 9.26. The van der Waals surface area contributed by atoms with E-state index in [1.807, 2.05) is 58.0 Å². The highest BCUT2D eigenvalue weighted by Gasteiger charge is 2.50. The van der Waals surface area contributed by atoms with Gasteiger partial charge < -0.3 is 4.74 Å². The predicted octanol–water partition coefficient (Wildman–Crippen LogP) is 3.27. The van der Waals surface area contributed by atoms with Gasteiger partial charge in [-0.2, -0.15) is 0 Å². The number of carbonyl (C=O) groups is 2. The van der Waals surface area contributed by atoms with Crippen LogP contribution in [0, 0.1) is 5.41 Å². The number of carbonyl (C=O) groups excluding carboxylic acids is 2. The normalized spacial score (nSPS) is 26.6. The Morgan fingerprint density at radius 3 is 2.40 bits per heavy atom. The molecule has 20 heavy (non-hydrogen) atoms. The molecule has 0 N–H and O–H groups in total. The molecule has 0 bridgehead atoms. The van der Waals surface area contributed by atoms with Gasteiger partial charge in [-0.15, -0.1) is 0 Å². The molecule has 0 unspecified atom stereocenters. The number of benzene rings is 1. The van der Waals surface area contributed by atoms with Crippen LogP contribution in [0.25, 0.3) is 0 Å². The summed E-state index contributed by atoms with van der Waals surface area (Å²) in [5, 5.41) is 0. The van der Waals surface area contributed by atoms with Crippen LogP contribution in [0.1, 0.15) is 46.1 Å². The van der Waals surface area contributed by atoms with Crippen molar-refractivity contribution in [2.24, 2.45) is 5.41 Å². The molecule has 1 saturated carbocycles. The topological polar surface area (TPSA) is 43.4 Å². The maximum absolute atomic E-state index is 12.3. The molecule has 2 atom stereocenters. The van der Waals surface area contributed by atoms with Crippen molar-refractivity contribution in [1.82, 2.24) is 0 Å². The van der Waals surface area contributed by atoms with Crippen LogP contribution in [0.15, 0.2) is 30.3 Å². The molecule has 1 fully saturated rings. The van der Waals surface area contributed by atoms with Crippen LogP contribution >= 0.6 is 0 Å². The van der Waals surface area contributed by atoms with E-state index in [9.17, 15) is 9.59 Å². The minimum atomic E-state index is -0.720. The first-order valence-electron chi connectivity index (χ1n) is 7.06. The summed E-state index contributed by atoms with van der Waals surface area (Å²) in [7, 11) is 0. The molecular weight excluding hydrogens is 252 g/mol. The van der Waals surface area contributed by atoms with Crippen molar-refractivity contribution in [2.75, 3.05) is 0 Å². The van der Waals surface area contributed by atoms with Crippen molar-refractivity contribution < 1.29 is 14.3 Å². The molecule has 0 amide bonds. The Morgan fingerprint density at radius 2 is 1.85 bits per heavy atom. The summed E-state index contributed by atoms with van der Waals surface area (Å²) >= 11 is 0. The summed E-state index contributed by atoms with van der Waals surface area (Å²) in [5.74, 6) is -0.102. The molecule has 2 rings (SSSR count). The molecule has 3 nitrogen and oxygen atoms in total. The zero-order chi connectivity index (χ0) is 15.0. The van der Waals surface area contributed by atoms with Crippen LogP contribution in [-0.2, 0) is 19.7 Å². The third kappa shape index (κ3) is 2.49. The predicted molar refractivity (Wildman–Crippen MR) is 77.4 cm³/mol. The standard InChI is InChI=1S/C17H22O3/c1-16(2,3)15(19)20-14-11-10-13(18)17(14,4)12-8-6-5-7-9-12/h5-9,14H,10-11H2,1-4H3/t14-,17+/m0/s1. The van der Waals surface area contributed by atoms with Crippen LogP contribution in [0.3, 0.4) is 0 Å². The van der Waals surface area contributed by atoms with Gasteiger partial charge in [-0.3, -0.25) is 9.59 Å². The van der Waals surface area contributed by atoms with Gasteiger partial charge >= 0.3 is 5.97 Å². The Labute approximate surface area is 120 Å². The fourth-order valence-electron chi connectivity index (χ4n) is 2.60. The van der Waals surface area contributed by atoms with Gasteiger partial charge in [0.2, 0.25) is 0 Å². The number of esters is 1. The molecule has 0 aromatic heterocycles. The Bertz CT molecular complexity index is 513. The maximum Gasteiger partial charge on any atom is 0.311 e. The summed E-state index contributed by atoms with van der Waals surface area (Å²) in [4.78, 5) is 24.5. The van der Waals surface area contributed by atoms with E-state index in [0.717, 1.165) is 5.56 Å². The highest BCUT2D eigenvalue weighted by atomic mass is 16.5. The van der Waals surface area contributed by atoms with Gasteiger partial charge in [-0.05, 0) is 39.7 Å². The molecule has 0 radical (unpaired) electrons. The third-order valence-corrected chi connectivity index (χ3v) is 4.09. The number of Topliss-reactive ketones (excluding diaryl/α,β-unsaturated/α-hetero) is 1. The lowest BCUT2D eigenvalue weighted by Crippen LogP contribution is -2.42. The van der Waals surface area contributed by atoms with Gasteiger partial charge in [-0.1, -0.05) is 30.3 Å². The van der Waals surface area contributed by atoms with Crippen molar-refractivity contribution in [1.29, 1.82) is 0 Å². The lowest BCUT2D eigenvalue weighted by atomic mass is 9.78. The highest BCUT2D eigenvalue weighted by Crippen LogP contribution is 2.40. The Kier molecular flexibility index (Phi) is 3.72. The van der Waals surface area contributed by atoms with E-state index in [-0.39, 0.29) is 17.9 Å². The number of ketones is 1. The molecular formula is C17H22O3. The Hall–Kier alpha value is -1.64. The van der Waals surface area contributed by atoms with Crippen molar-refractivity contribution in [3.63, 3.8) is 0 Å². The van der Waals surface area contributed by atoms with Crippen molar-refractivity contribution in [3.05, 3.63) is 35.9 Å². The molecule has 1 aliphatic carbocycles. The van der Waals surface area contributed by atoms with E-state index in [0.29, 0.717) is 12.8 Å². The summed E-state index contributed by atoms with van der Waals surface area (Å²) in [6, 6.07) is 9.61. The smallest absolute Gasteiger partial charge is 0.311 e. The van der Waals surface area contributed by atoms with E-state index in [2.05, 4.69) is 0 Å². The molecule has 1 aromatic rings. The van der Waals surface area contributed by atoms with Crippen LogP contribution in [0.4, 0.5) is 0 Å².